The van der Waals surface area contributed by atoms with Crippen LogP contribution in [0.25, 0.3) is 0 Å². The second-order valence-corrected chi connectivity index (χ2v) is 4.61. The van der Waals surface area contributed by atoms with Crippen LogP contribution in [0.1, 0.15) is 0 Å². The van der Waals surface area contributed by atoms with Gasteiger partial charge in [-0.25, -0.2) is 5.26 Å². The fraction of sp³-hybridized carbons (Fsp3) is 0. The topological polar surface area (TPSA) is 105 Å². The summed E-state index contributed by atoms with van der Waals surface area (Å²) in [5, 5.41) is 28.6. The minimum atomic E-state index is -0.471. The molecule has 0 spiro atoms. The largest absolute Gasteiger partial charge is 0.506 e. The Morgan fingerprint density at radius 2 is 1.90 bits per heavy atom. The standard InChI is InChI=1S/C12H10N2O5S/c15-12-7-9(19-18)3-6-11(12)13-20-10-4-1-8(2-5-10)14(16)17/h1-7,13,15,18H. The predicted molar refractivity (Wildman–Crippen MR) is 73.9 cm³/mol. The second kappa shape index (κ2) is 6.13. The van der Waals surface area contributed by atoms with E-state index < -0.39 is 4.92 Å². The van der Waals surface area contributed by atoms with Crippen molar-refractivity contribution in [1.82, 2.24) is 0 Å². The van der Waals surface area contributed by atoms with Crippen molar-refractivity contribution in [2.24, 2.45) is 0 Å². The quantitative estimate of drug-likeness (QED) is 0.255. The van der Waals surface area contributed by atoms with Crippen molar-refractivity contribution in [3.8, 4) is 11.5 Å². The molecule has 104 valence electrons. The van der Waals surface area contributed by atoms with Crippen LogP contribution in [0.5, 0.6) is 11.5 Å². The smallest absolute Gasteiger partial charge is 0.269 e. The molecule has 20 heavy (non-hydrogen) atoms. The Morgan fingerprint density at radius 3 is 2.45 bits per heavy atom. The van der Waals surface area contributed by atoms with Crippen molar-refractivity contribution in [2.45, 2.75) is 4.90 Å². The Kier molecular flexibility index (Phi) is 4.28. The van der Waals surface area contributed by atoms with Gasteiger partial charge in [-0.05, 0) is 36.2 Å². The van der Waals surface area contributed by atoms with Crippen LogP contribution >= 0.6 is 11.9 Å². The summed E-state index contributed by atoms with van der Waals surface area (Å²) in [6.07, 6.45) is 0. The summed E-state index contributed by atoms with van der Waals surface area (Å²) in [5.74, 6) is 0.0272. The van der Waals surface area contributed by atoms with Gasteiger partial charge in [0.1, 0.15) is 5.75 Å². The van der Waals surface area contributed by atoms with E-state index in [0.29, 0.717) is 5.69 Å². The van der Waals surface area contributed by atoms with E-state index in [1.807, 2.05) is 0 Å². The number of nitro benzene ring substituents is 1. The van der Waals surface area contributed by atoms with E-state index in [9.17, 15) is 15.2 Å². The monoisotopic (exact) mass is 294 g/mol. The van der Waals surface area contributed by atoms with E-state index in [1.54, 1.807) is 12.1 Å². The third-order valence-electron chi connectivity index (χ3n) is 2.40. The van der Waals surface area contributed by atoms with Crippen LogP contribution in [-0.2, 0) is 0 Å². The van der Waals surface area contributed by atoms with Crippen molar-refractivity contribution in [1.29, 1.82) is 0 Å². The molecule has 0 radical (unpaired) electrons. The van der Waals surface area contributed by atoms with Crippen molar-refractivity contribution < 1.29 is 20.2 Å². The maximum atomic E-state index is 10.5. The average molecular weight is 294 g/mol. The summed E-state index contributed by atoms with van der Waals surface area (Å²) in [7, 11) is 0. The number of nitro groups is 1. The lowest BCUT2D eigenvalue weighted by atomic mass is 10.3. The Labute approximate surface area is 118 Å². The van der Waals surface area contributed by atoms with Crippen molar-refractivity contribution in [3.63, 3.8) is 0 Å². The van der Waals surface area contributed by atoms with E-state index in [2.05, 4.69) is 9.61 Å². The molecule has 0 aliphatic carbocycles. The van der Waals surface area contributed by atoms with Crippen LogP contribution in [0.2, 0.25) is 0 Å². The average Bonchev–Trinajstić information content (AvgIpc) is 2.46. The number of phenolic OH excluding ortho intramolecular Hbond substituents is 1. The van der Waals surface area contributed by atoms with Crippen LogP contribution in [0.15, 0.2) is 47.4 Å². The summed E-state index contributed by atoms with van der Waals surface area (Å²) in [6.45, 7) is 0. The number of nitrogens with one attached hydrogen (secondary N) is 1. The minimum Gasteiger partial charge on any atom is -0.506 e. The molecule has 0 atom stereocenters. The first kappa shape index (κ1) is 14.0. The molecule has 0 unspecified atom stereocenters. The Bertz CT molecular complexity index is 618. The zero-order valence-electron chi connectivity index (χ0n) is 10.0. The predicted octanol–water partition coefficient (Wildman–Crippen LogP) is 3.27. The van der Waals surface area contributed by atoms with E-state index in [-0.39, 0.29) is 17.2 Å². The molecule has 0 saturated heterocycles. The molecule has 7 nitrogen and oxygen atoms in total. The minimum absolute atomic E-state index is 0.0154. The number of aromatic hydroxyl groups is 1. The van der Waals surface area contributed by atoms with Crippen LogP contribution in [0.4, 0.5) is 11.4 Å². The number of phenols is 1. The highest BCUT2D eigenvalue weighted by molar-refractivity contribution is 8.00. The highest BCUT2D eigenvalue weighted by atomic mass is 32.2. The van der Waals surface area contributed by atoms with Gasteiger partial charge in [-0.3, -0.25) is 10.1 Å². The number of anilines is 1. The first-order chi connectivity index (χ1) is 9.60. The van der Waals surface area contributed by atoms with Crippen LogP contribution in [0.3, 0.4) is 0 Å². The number of hydrogen-bond acceptors (Lipinski definition) is 7. The van der Waals surface area contributed by atoms with Gasteiger partial charge in [0.15, 0.2) is 5.75 Å². The Morgan fingerprint density at radius 1 is 1.20 bits per heavy atom. The SMILES string of the molecule is O=[N+]([O-])c1ccc(SNc2ccc(OO)cc2O)cc1. The van der Waals surface area contributed by atoms with E-state index in [0.717, 1.165) is 4.90 Å². The van der Waals surface area contributed by atoms with Gasteiger partial charge in [0.05, 0.1) is 10.6 Å². The van der Waals surface area contributed by atoms with Crippen LogP contribution in [-0.4, -0.2) is 15.3 Å². The molecule has 0 amide bonds. The third kappa shape index (κ3) is 3.31. The number of rotatable bonds is 5. The van der Waals surface area contributed by atoms with E-state index in [1.165, 1.54) is 42.3 Å². The molecule has 0 saturated carbocycles. The lowest BCUT2D eigenvalue weighted by Crippen LogP contribution is -1.90. The lowest BCUT2D eigenvalue weighted by molar-refractivity contribution is -0.384. The van der Waals surface area contributed by atoms with Crippen molar-refractivity contribution in [3.05, 3.63) is 52.6 Å². The van der Waals surface area contributed by atoms with Crippen molar-refractivity contribution in [2.75, 3.05) is 4.72 Å². The van der Waals surface area contributed by atoms with Gasteiger partial charge >= 0.3 is 0 Å². The van der Waals surface area contributed by atoms with Gasteiger partial charge in [-0.2, -0.15) is 0 Å². The first-order valence-electron chi connectivity index (χ1n) is 5.42. The molecular weight excluding hydrogens is 284 g/mol. The molecule has 0 bridgehead atoms. The molecule has 8 heteroatoms. The summed E-state index contributed by atoms with van der Waals surface area (Å²) in [6, 6.07) is 10.2. The van der Waals surface area contributed by atoms with Gasteiger partial charge in [-0.1, -0.05) is 0 Å². The van der Waals surface area contributed by atoms with Crippen molar-refractivity contribution >= 4 is 23.3 Å². The number of nitrogens with zero attached hydrogens (tertiary/aromatic N) is 1. The summed E-state index contributed by atoms with van der Waals surface area (Å²) in [5.41, 5.74) is 0.441. The molecule has 0 aliphatic heterocycles. The van der Waals surface area contributed by atoms with Gasteiger partial charge in [-0.15, -0.1) is 0 Å². The summed E-state index contributed by atoms with van der Waals surface area (Å²) in [4.78, 5) is 14.8. The highest BCUT2D eigenvalue weighted by Crippen LogP contribution is 2.31. The summed E-state index contributed by atoms with van der Waals surface area (Å²) < 4.78 is 2.89. The lowest BCUT2D eigenvalue weighted by Gasteiger charge is -2.08. The third-order valence-corrected chi connectivity index (χ3v) is 3.23. The van der Waals surface area contributed by atoms with Gasteiger partial charge in [0.25, 0.3) is 5.69 Å². The maximum absolute atomic E-state index is 10.5. The number of hydrogen-bond donors (Lipinski definition) is 3. The maximum Gasteiger partial charge on any atom is 0.269 e. The van der Waals surface area contributed by atoms with Gasteiger partial charge < -0.3 is 14.7 Å². The highest BCUT2D eigenvalue weighted by Gasteiger charge is 2.06. The van der Waals surface area contributed by atoms with E-state index in [4.69, 9.17) is 5.26 Å². The molecule has 0 aromatic heterocycles. The molecule has 0 fully saturated rings. The van der Waals surface area contributed by atoms with Crippen LogP contribution < -0.4 is 9.61 Å². The second-order valence-electron chi connectivity index (χ2n) is 3.73. The van der Waals surface area contributed by atoms with E-state index >= 15 is 0 Å². The number of benzene rings is 2. The normalized spacial score (nSPS) is 10.1. The zero-order chi connectivity index (χ0) is 14.5. The summed E-state index contributed by atoms with van der Waals surface area (Å²) >= 11 is 1.19. The fourth-order valence-corrected chi connectivity index (χ4v) is 2.08. The fourth-order valence-electron chi connectivity index (χ4n) is 1.40. The van der Waals surface area contributed by atoms with Gasteiger partial charge in [0.2, 0.25) is 0 Å². The zero-order valence-corrected chi connectivity index (χ0v) is 10.8. The molecule has 3 N–H and O–H groups in total. The van der Waals surface area contributed by atoms with Gasteiger partial charge in [0, 0.05) is 23.1 Å². The first-order valence-corrected chi connectivity index (χ1v) is 6.23. The molecule has 0 heterocycles. The van der Waals surface area contributed by atoms with Crippen LogP contribution in [0, 0.1) is 10.1 Å². The molecule has 2 aromatic rings. The number of non-ortho nitro benzene ring substituents is 1. The Balaban J connectivity index is 2.03. The molecular formula is C12H10N2O5S. The molecule has 2 aromatic carbocycles. The molecule has 2 rings (SSSR count). The molecule has 0 aliphatic rings. The Hall–Kier alpha value is -2.45.